The number of benzene rings is 1. The summed E-state index contributed by atoms with van der Waals surface area (Å²) in [5, 5.41) is 16.4. The molecule has 0 amide bonds. The smallest absolute Gasteiger partial charge is 0.173 e. The first-order valence-corrected chi connectivity index (χ1v) is 9.24. The summed E-state index contributed by atoms with van der Waals surface area (Å²) < 4.78 is 3.58. The molecule has 0 unspecified atom stereocenters. The molecule has 2 heterocycles. The van der Waals surface area contributed by atoms with E-state index < -0.39 is 0 Å². The van der Waals surface area contributed by atoms with Crippen molar-refractivity contribution in [2.45, 2.75) is 26.6 Å². The molecule has 3 aromatic rings. The zero-order valence-electron chi connectivity index (χ0n) is 14.1. The van der Waals surface area contributed by atoms with E-state index in [-0.39, 0.29) is 0 Å². The fraction of sp³-hybridized carbons (Fsp3) is 0.235. The minimum Gasteiger partial charge on any atom is -0.358 e. The third kappa shape index (κ3) is 4.75. The van der Waals surface area contributed by atoms with Crippen LogP contribution in [0.3, 0.4) is 0 Å². The standard InChI is InChI=1S/C17H18Cl2N6S/c1-2-24-9-12(8-21-24)7-20-17(26)22-16-15(19)11-25(23-16)10-13-5-3-4-6-14(13)18/h3-6,8-9,11H,2,7,10H2,1H3,(H2,20,22,23,26). The highest BCUT2D eigenvalue weighted by atomic mass is 35.5. The van der Waals surface area contributed by atoms with E-state index in [2.05, 4.69) is 20.8 Å². The predicted molar refractivity (Wildman–Crippen MR) is 109 cm³/mol. The highest BCUT2D eigenvalue weighted by molar-refractivity contribution is 7.80. The number of hydrogen-bond acceptors (Lipinski definition) is 3. The van der Waals surface area contributed by atoms with Crippen molar-refractivity contribution in [1.82, 2.24) is 24.9 Å². The Hall–Kier alpha value is -2.09. The summed E-state index contributed by atoms with van der Waals surface area (Å²) in [7, 11) is 0. The van der Waals surface area contributed by atoms with Gasteiger partial charge in [-0.25, -0.2) is 0 Å². The summed E-state index contributed by atoms with van der Waals surface area (Å²) in [5.41, 5.74) is 2.01. The first-order valence-electron chi connectivity index (χ1n) is 8.07. The van der Waals surface area contributed by atoms with Crippen molar-refractivity contribution in [3.63, 3.8) is 0 Å². The maximum atomic E-state index is 6.25. The summed E-state index contributed by atoms with van der Waals surface area (Å²) >= 11 is 17.8. The Labute approximate surface area is 167 Å². The molecule has 136 valence electrons. The van der Waals surface area contributed by atoms with Gasteiger partial charge in [0.1, 0.15) is 5.02 Å². The summed E-state index contributed by atoms with van der Waals surface area (Å²) in [5.74, 6) is 0.500. The zero-order chi connectivity index (χ0) is 18.5. The minimum atomic E-state index is 0.444. The van der Waals surface area contributed by atoms with Crippen LogP contribution in [0.25, 0.3) is 0 Å². The second-order valence-electron chi connectivity index (χ2n) is 5.63. The molecule has 0 aliphatic rings. The molecule has 0 saturated carbocycles. The lowest BCUT2D eigenvalue weighted by atomic mass is 10.2. The number of nitrogens with zero attached hydrogens (tertiary/aromatic N) is 4. The quantitative estimate of drug-likeness (QED) is 0.604. The van der Waals surface area contributed by atoms with Crippen LogP contribution in [-0.4, -0.2) is 24.7 Å². The first-order chi connectivity index (χ1) is 12.5. The van der Waals surface area contributed by atoms with E-state index in [4.69, 9.17) is 35.4 Å². The van der Waals surface area contributed by atoms with Crippen LogP contribution in [0.15, 0.2) is 42.9 Å². The monoisotopic (exact) mass is 408 g/mol. The highest BCUT2D eigenvalue weighted by Gasteiger charge is 2.10. The molecule has 2 aromatic heterocycles. The molecule has 9 heteroatoms. The second-order valence-corrected chi connectivity index (χ2v) is 6.85. The number of aromatic nitrogens is 4. The maximum Gasteiger partial charge on any atom is 0.173 e. The molecule has 0 saturated heterocycles. The summed E-state index contributed by atoms with van der Waals surface area (Å²) in [6.07, 6.45) is 5.52. The lowest BCUT2D eigenvalue weighted by molar-refractivity contribution is 0.659. The summed E-state index contributed by atoms with van der Waals surface area (Å²) in [6, 6.07) is 7.63. The van der Waals surface area contributed by atoms with Crippen LogP contribution in [-0.2, 0) is 19.6 Å². The Morgan fingerprint density at radius 2 is 1.96 bits per heavy atom. The predicted octanol–water partition coefficient (Wildman–Crippen LogP) is 3.94. The molecule has 0 bridgehead atoms. The Morgan fingerprint density at radius 3 is 2.69 bits per heavy atom. The van der Waals surface area contributed by atoms with Crippen LogP contribution >= 0.6 is 35.4 Å². The normalized spacial score (nSPS) is 10.7. The van der Waals surface area contributed by atoms with Crippen LogP contribution < -0.4 is 10.6 Å². The molecule has 3 rings (SSSR count). The molecule has 26 heavy (non-hydrogen) atoms. The Balaban J connectivity index is 1.58. The van der Waals surface area contributed by atoms with E-state index in [0.717, 1.165) is 17.7 Å². The van der Waals surface area contributed by atoms with Crippen molar-refractivity contribution >= 4 is 46.4 Å². The topological polar surface area (TPSA) is 59.7 Å². The Bertz CT molecular complexity index is 904. The van der Waals surface area contributed by atoms with E-state index in [1.54, 1.807) is 10.9 Å². The number of hydrogen-bond donors (Lipinski definition) is 2. The van der Waals surface area contributed by atoms with Gasteiger partial charge in [-0.05, 0) is 30.8 Å². The van der Waals surface area contributed by atoms with Crippen LogP contribution in [0.5, 0.6) is 0 Å². The largest absolute Gasteiger partial charge is 0.358 e. The molecule has 0 atom stereocenters. The van der Waals surface area contributed by atoms with E-state index >= 15 is 0 Å². The van der Waals surface area contributed by atoms with Gasteiger partial charge in [-0.1, -0.05) is 41.4 Å². The number of nitrogens with one attached hydrogen (secondary N) is 2. The SMILES string of the molecule is CCn1cc(CNC(=S)Nc2nn(Cc3ccccc3Cl)cc2Cl)cn1. The van der Waals surface area contributed by atoms with Crippen LogP contribution in [0, 0.1) is 0 Å². The molecule has 6 nitrogen and oxygen atoms in total. The highest BCUT2D eigenvalue weighted by Crippen LogP contribution is 2.22. The lowest BCUT2D eigenvalue weighted by Gasteiger charge is -2.08. The van der Waals surface area contributed by atoms with Crippen LogP contribution in [0.1, 0.15) is 18.1 Å². The first kappa shape index (κ1) is 18.7. The van der Waals surface area contributed by atoms with Gasteiger partial charge >= 0.3 is 0 Å². The maximum absolute atomic E-state index is 6.25. The van der Waals surface area contributed by atoms with Gasteiger partial charge in [0, 0.05) is 36.1 Å². The summed E-state index contributed by atoms with van der Waals surface area (Å²) in [6.45, 7) is 3.97. The molecule has 0 aliphatic heterocycles. The number of thiocarbonyl (C=S) groups is 1. The van der Waals surface area contributed by atoms with E-state index in [1.165, 1.54) is 0 Å². The third-order valence-corrected chi connectivity index (χ3v) is 4.59. The van der Waals surface area contributed by atoms with Gasteiger partial charge in [0.15, 0.2) is 10.9 Å². The van der Waals surface area contributed by atoms with Crippen molar-refractivity contribution in [3.8, 4) is 0 Å². The number of aryl methyl sites for hydroxylation is 1. The Morgan fingerprint density at radius 1 is 1.15 bits per heavy atom. The average Bonchev–Trinajstić information content (AvgIpc) is 3.22. The van der Waals surface area contributed by atoms with E-state index in [1.807, 2.05) is 48.3 Å². The van der Waals surface area contributed by atoms with Gasteiger partial charge in [-0.3, -0.25) is 9.36 Å². The van der Waals surface area contributed by atoms with Gasteiger partial charge in [0.05, 0.1) is 12.7 Å². The lowest BCUT2D eigenvalue weighted by Crippen LogP contribution is -2.28. The molecular weight excluding hydrogens is 391 g/mol. The van der Waals surface area contributed by atoms with E-state index in [0.29, 0.717) is 34.1 Å². The van der Waals surface area contributed by atoms with Crippen LogP contribution in [0.4, 0.5) is 5.82 Å². The van der Waals surface area contributed by atoms with Crippen molar-refractivity contribution in [1.29, 1.82) is 0 Å². The minimum absolute atomic E-state index is 0.444. The van der Waals surface area contributed by atoms with E-state index in [9.17, 15) is 0 Å². The molecule has 0 aliphatic carbocycles. The average molecular weight is 409 g/mol. The second kappa shape index (κ2) is 8.53. The van der Waals surface area contributed by atoms with Gasteiger partial charge < -0.3 is 10.6 Å². The fourth-order valence-corrected chi connectivity index (χ4v) is 2.93. The van der Waals surface area contributed by atoms with Crippen molar-refractivity contribution in [2.24, 2.45) is 0 Å². The van der Waals surface area contributed by atoms with Crippen molar-refractivity contribution in [2.75, 3.05) is 5.32 Å². The third-order valence-electron chi connectivity index (χ3n) is 3.70. The number of anilines is 1. The summed E-state index contributed by atoms with van der Waals surface area (Å²) in [4.78, 5) is 0. The molecule has 0 fully saturated rings. The molecule has 2 N–H and O–H groups in total. The molecule has 0 spiro atoms. The Kier molecular flexibility index (Phi) is 6.13. The van der Waals surface area contributed by atoms with Gasteiger partial charge in [0.25, 0.3) is 0 Å². The van der Waals surface area contributed by atoms with Gasteiger partial charge in [-0.2, -0.15) is 10.2 Å². The molecule has 0 radical (unpaired) electrons. The molecule has 1 aromatic carbocycles. The molecular formula is C17H18Cl2N6S. The van der Waals surface area contributed by atoms with Gasteiger partial charge in [-0.15, -0.1) is 0 Å². The fourth-order valence-electron chi connectivity index (χ4n) is 2.37. The number of halogens is 2. The van der Waals surface area contributed by atoms with Gasteiger partial charge in [0.2, 0.25) is 0 Å². The zero-order valence-corrected chi connectivity index (χ0v) is 16.4. The number of rotatable bonds is 6. The van der Waals surface area contributed by atoms with Crippen molar-refractivity contribution in [3.05, 3.63) is 64.0 Å². The van der Waals surface area contributed by atoms with Crippen molar-refractivity contribution < 1.29 is 0 Å². The van der Waals surface area contributed by atoms with Crippen LogP contribution in [0.2, 0.25) is 10.0 Å².